The van der Waals surface area contributed by atoms with E-state index in [-0.39, 0.29) is 11.3 Å². The number of ether oxygens (including phenoxy) is 1. The fraction of sp³-hybridized carbons (Fsp3) is 0.429. The summed E-state index contributed by atoms with van der Waals surface area (Å²) in [5.74, 6) is -8.80. The van der Waals surface area contributed by atoms with Crippen molar-refractivity contribution in [2.45, 2.75) is 18.4 Å². The predicted octanol–water partition coefficient (Wildman–Crippen LogP) is 2.75. The zero-order valence-corrected chi connectivity index (χ0v) is 10.5. The lowest BCUT2D eigenvalue weighted by molar-refractivity contribution is -0.457. The van der Waals surface area contributed by atoms with Crippen LogP contribution in [0.4, 0.5) is 40.9 Å². The summed E-state index contributed by atoms with van der Waals surface area (Å²) >= 11 is 0.0258. The predicted molar refractivity (Wildman–Crippen MR) is 54.4 cm³/mol. The lowest BCUT2D eigenvalue weighted by Gasteiger charge is -2.25. The Bertz CT molecular complexity index is 587. The van der Waals surface area contributed by atoms with E-state index in [4.69, 9.17) is 0 Å². The summed E-state index contributed by atoms with van der Waals surface area (Å²) in [5.41, 5.74) is 0. The minimum absolute atomic E-state index is 0.0258. The molecule has 0 bridgehead atoms. The summed E-state index contributed by atoms with van der Waals surface area (Å²) in [6.07, 6.45) is -11.8. The molecule has 22 heavy (non-hydrogen) atoms. The number of anilines is 1. The molecule has 15 heteroatoms. The summed E-state index contributed by atoms with van der Waals surface area (Å²) in [7, 11) is 0. The molecule has 0 atom stereocenters. The Morgan fingerprint density at radius 3 is 2.23 bits per heavy atom. The Morgan fingerprint density at radius 2 is 1.82 bits per heavy atom. The van der Waals surface area contributed by atoms with Crippen molar-refractivity contribution in [2.24, 2.45) is 0 Å². The van der Waals surface area contributed by atoms with Crippen LogP contribution in [0, 0.1) is 10.1 Å². The van der Waals surface area contributed by atoms with E-state index in [0.717, 1.165) is 5.32 Å². The molecule has 0 radical (unpaired) electrons. The first-order valence-electron chi connectivity index (χ1n) is 4.70. The van der Waals surface area contributed by atoms with E-state index < -0.39 is 39.4 Å². The van der Waals surface area contributed by atoms with E-state index in [0.29, 0.717) is 6.20 Å². The van der Waals surface area contributed by atoms with Gasteiger partial charge in [-0.2, -0.15) is 17.6 Å². The van der Waals surface area contributed by atoms with E-state index in [9.17, 15) is 45.6 Å². The van der Waals surface area contributed by atoms with Crippen molar-refractivity contribution in [1.29, 1.82) is 0 Å². The van der Waals surface area contributed by atoms with Crippen molar-refractivity contribution in [2.75, 3.05) is 5.32 Å². The number of halogens is 7. The van der Waals surface area contributed by atoms with Gasteiger partial charge < -0.3 is 0 Å². The van der Waals surface area contributed by atoms with Crippen LogP contribution in [0.2, 0.25) is 0 Å². The molecule has 0 fully saturated rings. The molecule has 0 saturated heterocycles. The van der Waals surface area contributed by atoms with Crippen LogP contribution >= 0.6 is 11.3 Å². The number of rotatable bonds is 5. The van der Waals surface area contributed by atoms with Crippen molar-refractivity contribution >= 4 is 27.4 Å². The normalized spacial score (nSPS) is 13.0. The van der Waals surface area contributed by atoms with Crippen LogP contribution in [0.5, 0.6) is 0 Å². The molecule has 0 aliphatic rings. The van der Waals surface area contributed by atoms with E-state index >= 15 is 0 Å². The molecule has 124 valence electrons. The molecule has 0 spiro atoms. The van der Waals surface area contributed by atoms with Gasteiger partial charge in [0, 0.05) is 0 Å². The van der Waals surface area contributed by atoms with Crippen LogP contribution in [0.25, 0.3) is 0 Å². The number of nitro groups is 1. The van der Waals surface area contributed by atoms with Gasteiger partial charge in [-0.1, -0.05) is 0 Å². The zero-order valence-electron chi connectivity index (χ0n) is 9.66. The number of thiazole rings is 1. The molecular formula is C7H2F7N3O4S. The second-order valence-corrected chi connectivity index (χ2v) is 4.36. The van der Waals surface area contributed by atoms with Crippen molar-refractivity contribution < 1.29 is 45.2 Å². The average molecular weight is 357 g/mol. The maximum atomic E-state index is 13.0. The van der Waals surface area contributed by atoms with Gasteiger partial charge in [0.1, 0.15) is 6.20 Å². The summed E-state index contributed by atoms with van der Waals surface area (Å²) < 4.78 is 88.2. The number of hydrogen-bond acceptors (Lipinski definition) is 6. The highest BCUT2D eigenvalue weighted by atomic mass is 32.1. The zero-order chi connectivity index (χ0) is 17.3. The van der Waals surface area contributed by atoms with Crippen LogP contribution in [0.15, 0.2) is 6.20 Å². The number of hydrogen-bond donors (Lipinski definition) is 1. The molecule has 1 heterocycles. The molecule has 0 unspecified atom stereocenters. The number of amides is 1. The Balaban J connectivity index is 2.91. The summed E-state index contributed by atoms with van der Waals surface area (Å²) in [6, 6.07) is 0. The topological polar surface area (TPSA) is 94.4 Å². The highest BCUT2D eigenvalue weighted by Gasteiger charge is 2.67. The minimum Gasteiger partial charge on any atom is -0.296 e. The van der Waals surface area contributed by atoms with Crippen molar-refractivity contribution in [3.05, 3.63) is 16.3 Å². The maximum absolute atomic E-state index is 13.0. The SMILES string of the molecule is O=C(Nc1ncc([N+](=O)[O-])s1)C(F)(F)C(F)(F)OC(F)(F)F. The van der Waals surface area contributed by atoms with Gasteiger partial charge in [0.2, 0.25) is 0 Å². The Kier molecular flexibility index (Phi) is 4.62. The molecule has 1 aromatic rings. The molecule has 1 amide bonds. The quantitative estimate of drug-likeness (QED) is 0.497. The first-order valence-corrected chi connectivity index (χ1v) is 5.52. The Morgan fingerprint density at radius 1 is 1.27 bits per heavy atom. The molecule has 0 aromatic carbocycles. The highest BCUT2D eigenvalue weighted by Crippen LogP contribution is 2.40. The molecule has 1 rings (SSSR count). The van der Waals surface area contributed by atoms with E-state index in [1.807, 2.05) is 4.74 Å². The largest absolute Gasteiger partial charge is 0.527 e. The minimum atomic E-state index is -6.20. The third kappa shape index (κ3) is 4.00. The van der Waals surface area contributed by atoms with Crippen molar-refractivity contribution in [1.82, 2.24) is 4.98 Å². The standard InChI is InChI=1S/C7H2F7N3O4S/c8-5(9,6(10,11)21-7(12,13)14)3(18)16-4-15-1-2(22-4)17(19)20/h1H,(H,15,16,18). The summed E-state index contributed by atoms with van der Waals surface area (Å²) in [5, 5.41) is 9.68. The van der Waals surface area contributed by atoms with Crippen LogP contribution in [0.3, 0.4) is 0 Å². The summed E-state index contributed by atoms with van der Waals surface area (Å²) in [6.45, 7) is 0. The fourth-order valence-corrected chi connectivity index (χ4v) is 1.55. The molecule has 7 nitrogen and oxygen atoms in total. The van der Waals surface area contributed by atoms with Crippen LogP contribution in [-0.4, -0.2) is 34.2 Å². The van der Waals surface area contributed by atoms with Gasteiger partial charge in [0.15, 0.2) is 5.13 Å². The van der Waals surface area contributed by atoms with Gasteiger partial charge in [0.25, 0.3) is 0 Å². The van der Waals surface area contributed by atoms with Crippen LogP contribution in [-0.2, 0) is 9.53 Å². The Hall–Kier alpha value is -2.03. The van der Waals surface area contributed by atoms with Gasteiger partial charge in [-0.15, -0.1) is 13.2 Å². The highest BCUT2D eigenvalue weighted by molar-refractivity contribution is 7.18. The number of nitrogens with zero attached hydrogens (tertiary/aromatic N) is 2. The summed E-state index contributed by atoms with van der Waals surface area (Å²) in [4.78, 5) is 23.2. The molecule has 1 N–H and O–H groups in total. The number of carbonyl (C=O) groups is 1. The van der Waals surface area contributed by atoms with Gasteiger partial charge in [0.05, 0.1) is 4.92 Å². The molecule has 1 aromatic heterocycles. The van der Waals surface area contributed by atoms with Crippen LogP contribution < -0.4 is 5.32 Å². The van der Waals surface area contributed by atoms with Crippen molar-refractivity contribution in [3.8, 4) is 0 Å². The third-order valence-corrected chi connectivity index (χ3v) is 2.65. The first kappa shape index (κ1) is 18.0. The van der Waals surface area contributed by atoms with Crippen molar-refractivity contribution in [3.63, 3.8) is 0 Å². The second kappa shape index (κ2) is 5.64. The molecular weight excluding hydrogens is 355 g/mol. The Labute approximate surface area is 118 Å². The van der Waals surface area contributed by atoms with E-state index in [2.05, 4.69) is 4.98 Å². The van der Waals surface area contributed by atoms with Gasteiger partial charge in [-0.05, 0) is 11.3 Å². The number of aromatic nitrogens is 1. The lowest BCUT2D eigenvalue weighted by atomic mass is 10.3. The third-order valence-electron chi connectivity index (χ3n) is 1.79. The number of nitrogens with one attached hydrogen (secondary N) is 1. The smallest absolute Gasteiger partial charge is 0.296 e. The van der Waals surface area contributed by atoms with E-state index in [1.165, 1.54) is 0 Å². The number of carbonyl (C=O) groups excluding carboxylic acids is 1. The van der Waals surface area contributed by atoms with E-state index in [1.54, 1.807) is 0 Å². The van der Waals surface area contributed by atoms with Gasteiger partial charge >= 0.3 is 29.3 Å². The van der Waals surface area contributed by atoms with Gasteiger partial charge in [-0.25, -0.2) is 9.72 Å². The lowest BCUT2D eigenvalue weighted by Crippen LogP contribution is -2.53. The molecule has 0 aliphatic heterocycles. The molecule has 0 saturated carbocycles. The second-order valence-electron chi connectivity index (χ2n) is 3.35. The maximum Gasteiger partial charge on any atom is 0.527 e. The van der Waals surface area contributed by atoms with Crippen LogP contribution in [0.1, 0.15) is 0 Å². The molecule has 0 aliphatic carbocycles. The monoisotopic (exact) mass is 357 g/mol. The number of alkyl halides is 7. The van der Waals surface area contributed by atoms with Gasteiger partial charge in [-0.3, -0.25) is 20.2 Å². The first-order chi connectivity index (χ1) is 9.76. The fourth-order valence-electron chi connectivity index (χ4n) is 0.925. The average Bonchev–Trinajstić information content (AvgIpc) is 2.73.